The molecule has 1 aromatic rings. The van der Waals surface area contributed by atoms with Gasteiger partial charge in [0.25, 0.3) is 0 Å². The topological polar surface area (TPSA) is 82.1 Å². The smallest absolute Gasteiger partial charge is 0.526 e. The number of hydrogen-bond acceptors (Lipinski definition) is 6. The van der Waals surface area contributed by atoms with Crippen molar-refractivity contribution in [3.63, 3.8) is 0 Å². The van der Waals surface area contributed by atoms with Crippen LogP contribution in [0.25, 0.3) is 0 Å². The lowest BCUT2D eigenvalue weighted by Crippen LogP contribution is -2.28. The number of carbonyl (C=O) groups is 2. The fourth-order valence-corrected chi connectivity index (χ4v) is 3.95. The first kappa shape index (κ1) is 17.3. The molecule has 0 spiro atoms. The zero-order valence-corrected chi connectivity index (χ0v) is 14.3. The maximum absolute atomic E-state index is 14.2. The molecule has 2 saturated carbocycles. The van der Waals surface area contributed by atoms with E-state index in [4.69, 9.17) is 14.1 Å². The van der Waals surface area contributed by atoms with Gasteiger partial charge in [0.05, 0.1) is 5.92 Å². The molecule has 0 saturated heterocycles. The van der Waals surface area contributed by atoms with Gasteiger partial charge in [-0.1, -0.05) is 25.3 Å². The van der Waals surface area contributed by atoms with Crippen molar-refractivity contribution < 1.29 is 33.1 Å². The predicted octanol–water partition coefficient (Wildman–Crippen LogP) is 2.79. The second-order valence-corrected chi connectivity index (χ2v) is 7.20. The maximum atomic E-state index is 14.2. The Labute approximate surface area is 150 Å². The van der Waals surface area contributed by atoms with Crippen LogP contribution < -0.4 is 4.65 Å². The van der Waals surface area contributed by atoms with Crippen molar-refractivity contribution in [2.24, 2.45) is 5.92 Å². The van der Waals surface area contributed by atoms with Crippen molar-refractivity contribution in [2.45, 2.75) is 50.3 Å². The van der Waals surface area contributed by atoms with Crippen LogP contribution in [0.3, 0.4) is 0 Å². The number of rotatable bonds is 4. The van der Waals surface area contributed by atoms with E-state index in [1.807, 2.05) is 0 Å². The summed E-state index contributed by atoms with van der Waals surface area (Å²) in [7, 11) is -1.05. The number of carbonyl (C=O) groups excluding carboxylic acids is 2. The molecule has 0 amide bonds. The van der Waals surface area contributed by atoms with Gasteiger partial charge in [0.1, 0.15) is 17.1 Å². The van der Waals surface area contributed by atoms with Gasteiger partial charge in [0, 0.05) is 5.82 Å². The number of halogens is 1. The average molecular weight is 362 g/mol. The molecule has 8 heteroatoms. The summed E-state index contributed by atoms with van der Waals surface area (Å²) in [5.74, 6) is -2.21. The van der Waals surface area contributed by atoms with E-state index < -0.39 is 25.7 Å². The minimum absolute atomic E-state index is 0.00622. The zero-order valence-electron chi connectivity index (χ0n) is 14.3. The highest BCUT2D eigenvalue weighted by Crippen LogP contribution is 2.60. The lowest BCUT2D eigenvalue weighted by atomic mass is 9.77. The summed E-state index contributed by atoms with van der Waals surface area (Å²) in [6.45, 7) is -0.564. The SMILES string of the molecule is O=C(OCOC(=O)C1CCCCC1)c1c(F)ccc2c1OB(O)[C@@H]1C[C@H]21. The van der Waals surface area contributed by atoms with Gasteiger partial charge in [-0.05, 0) is 36.8 Å². The minimum Gasteiger partial charge on any atom is -0.535 e. The molecule has 1 N–H and O–H groups in total. The summed E-state index contributed by atoms with van der Waals surface area (Å²) in [6, 6.07) is 2.76. The third kappa shape index (κ3) is 3.18. The predicted molar refractivity (Wildman–Crippen MR) is 89.1 cm³/mol. The molecule has 6 nitrogen and oxygen atoms in total. The Morgan fingerprint density at radius 3 is 2.77 bits per heavy atom. The summed E-state index contributed by atoms with van der Waals surface area (Å²) in [5, 5.41) is 9.89. The summed E-state index contributed by atoms with van der Waals surface area (Å²) < 4.78 is 29.5. The molecular formula is C18H20BFO6. The molecule has 1 aromatic carbocycles. The summed E-state index contributed by atoms with van der Waals surface area (Å²) in [4.78, 5) is 24.3. The van der Waals surface area contributed by atoms with E-state index in [9.17, 15) is 19.0 Å². The molecule has 0 bridgehead atoms. The first-order valence-electron chi connectivity index (χ1n) is 9.07. The number of benzene rings is 1. The molecule has 1 heterocycles. The highest BCUT2D eigenvalue weighted by atomic mass is 19.1. The molecule has 138 valence electrons. The Morgan fingerprint density at radius 1 is 1.23 bits per heavy atom. The second kappa shape index (κ2) is 6.91. The van der Waals surface area contributed by atoms with Crippen LogP contribution in [0.5, 0.6) is 5.75 Å². The third-order valence-corrected chi connectivity index (χ3v) is 5.52. The van der Waals surface area contributed by atoms with Crippen LogP contribution in [0.1, 0.15) is 60.4 Å². The molecule has 2 fully saturated rings. The standard InChI is InChI=1S/C18H20BFO6/c20-14-7-6-11-12-8-13(12)19(23)26-16(11)15(14)18(22)25-9-24-17(21)10-4-2-1-3-5-10/h6-7,10,12-13,23H,1-5,8-9H2/t12-,13-/m1/s1. The van der Waals surface area contributed by atoms with Gasteiger partial charge >= 0.3 is 19.1 Å². The lowest BCUT2D eigenvalue weighted by molar-refractivity contribution is -0.158. The van der Waals surface area contributed by atoms with Crippen LogP contribution in [-0.4, -0.2) is 30.9 Å². The van der Waals surface area contributed by atoms with Crippen LogP contribution in [-0.2, 0) is 14.3 Å². The largest absolute Gasteiger partial charge is 0.535 e. The van der Waals surface area contributed by atoms with Crippen molar-refractivity contribution >= 4 is 19.1 Å². The van der Waals surface area contributed by atoms with E-state index in [0.717, 1.165) is 38.5 Å². The highest BCUT2D eigenvalue weighted by Gasteiger charge is 2.54. The molecule has 4 rings (SSSR count). The quantitative estimate of drug-likeness (QED) is 0.504. The summed E-state index contributed by atoms with van der Waals surface area (Å²) >= 11 is 0. The summed E-state index contributed by atoms with van der Waals surface area (Å²) in [5.41, 5.74) is 0.341. The number of fused-ring (bicyclic) bond motifs is 3. The van der Waals surface area contributed by atoms with Crippen LogP contribution in [0.2, 0.25) is 5.82 Å². The minimum atomic E-state index is -1.05. The Morgan fingerprint density at radius 2 is 2.00 bits per heavy atom. The zero-order chi connectivity index (χ0) is 18.3. The molecule has 0 aromatic heterocycles. The lowest BCUT2D eigenvalue weighted by Gasteiger charge is -2.22. The Kier molecular flexibility index (Phi) is 4.61. The summed E-state index contributed by atoms with van der Waals surface area (Å²) in [6.07, 6.45) is 5.40. The van der Waals surface area contributed by atoms with E-state index in [-0.39, 0.29) is 34.9 Å². The Balaban J connectivity index is 1.41. The molecule has 0 radical (unpaired) electrons. The van der Waals surface area contributed by atoms with Gasteiger partial charge < -0.3 is 19.2 Å². The third-order valence-electron chi connectivity index (χ3n) is 5.52. The Bertz CT molecular complexity index is 733. The van der Waals surface area contributed by atoms with E-state index in [1.54, 1.807) is 6.07 Å². The van der Waals surface area contributed by atoms with E-state index >= 15 is 0 Å². The molecule has 2 aliphatic carbocycles. The van der Waals surface area contributed by atoms with Crippen molar-refractivity contribution in [3.8, 4) is 5.75 Å². The van der Waals surface area contributed by atoms with Gasteiger partial charge in [0.15, 0.2) is 0 Å². The highest BCUT2D eigenvalue weighted by molar-refractivity contribution is 6.48. The fourth-order valence-electron chi connectivity index (χ4n) is 3.95. The van der Waals surface area contributed by atoms with Crippen LogP contribution >= 0.6 is 0 Å². The van der Waals surface area contributed by atoms with Crippen LogP contribution in [0.15, 0.2) is 12.1 Å². The monoisotopic (exact) mass is 362 g/mol. The number of esters is 2. The number of ether oxygens (including phenoxy) is 2. The molecule has 1 aliphatic heterocycles. The van der Waals surface area contributed by atoms with Crippen molar-refractivity contribution in [3.05, 3.63) is 29.1 Å². The molecular weight excluding hydrogens is 342 g/mol. The number of hydrogen-bond donors (Lipinski definition) is 1. The van der Waals surface area contributed by atoms with Gasteiger partial charge in [-0.25, -0.2) is 9.18 Å². The van der Waals surface area contributed by atoms with Crippen molar-refractivity contribution in [1.82, 2.24) is 0 Å². The molecule has 0 unspecified atom stereocenters. The van der Waals surface area contributed by atoms with Gasteiger partial charge in [-0.2, -0.15) is 0 Å². The van der Waals surface area contributed by atoms with Gasteiger partial charge in [-0.15, -0.1) is 0 Å². The fraction of sp³-hybridized carbons (Fsp3) is 0.556. The molecule has 26 heavy (non-hydrogen) atoms. The molecule has 3 aliphatic rings. The average Bonchev–Trinajstić information content (AvgIpc) is 3.44. The first-order valence-corrected chi connectivity index (χ1v) is 9.07. The van der Waals surface area contributed by atoms with E-state index in [1.165, 1.54) is 6.07 Å². The Hall–Kier alpha value is -2.09. The van der Waals surface area contributed by atoms with Gasteiger partial charge in [-0.3, -0.25) is 4.79 Å². The normalized spacial score (nSPS) is 24.2. The van der Waals surface area contributed by atoms with Gasteiger partial charge in [0.2, 0.25) is 6.79 Å². The molecule has 2 atom stereocenters. The first-order chi connectivity index (χ1) is 12.6. The van der Waals surface area contributed by atoms with Crippen LogP contribution in [0, 0.1) is 11.7 Å². The second-order valence-electron chi connectivity index (χ2n) is 7.20. The van der Waals surface area contributed by atoms with Crippen molar-refractivity contribution in [2.75, 3.05) is 6.79 Å². The van der Waals surface area contributed by atoms with E-state index in [0.29, 0.717) is 5.56 Å². The van der Waals surface area contributed by atoms with Crippen LogP contribution in [0.4, 0.5) is 4.39 Å². The maximum Gasteiger partial charge on any atom is 0.526 e. The van der Waals surface area contributed by atoms with Crippen molar-refractivity contribution in [1.29, 1.82) is 0 Å². The van der Waals surface area contributed by atoms with E-state index in [2.05, 4.69) is 0 Å².